The van der Waals surface area contributed by atoms with Crippen LogP contribution in [0.5, 0.6) is 11.5 Å². The Morgan fingerprint density at radius 1 is 0.960 bits per heavy atom. The zero-order valence-electron chi connectivity index (χ0n) is 14.7. The average Bonchev–Trinajstić information content (AvgIpc) is 2.58. The Balaban J connectivity index is 1.58. The Bertz CT molecular complexity index is 773. The van der Waals surface area contributed by atoms with Gasteiger partial charge in [0.2, 0.25) is 0 Å². The molecule has 1 aliphatic rings. The number of hydrogen-bond donors (Lipinski definition) is 2. The lowest BCUT2D eigenvalue weighted by Crippen LogP contribution is -2.24. The molecule has 25 heavy (non-hydrogen) atoms. The molecular weight excluding hydrogens is 316 g/mol. The van der Waals surface area contributed by atoms with Crippen molar-refractivity contribution in [2.45, 2.75) is 51.6 Å². The molecule has 132 valence electrons. The number of aromatic hydroxyl groups is 2. The Morgan fingerprint density at radius 2 is 1.68 bits per heavy atom. The molecule has 0 unspecified atom stereocenters. The normalized spacial score (nSPS) is 20.2. The minimum Gasteiger partial charge on any atom is -0.508 e. The maximum Gasteiger partial charge on any atom is 0.338 e. The van der Waals surface area contributed by atoms with Gasteiger partial charge in [-0.1, -0.05) is 12.1 Å². The van der Waals surface area contributed by atoms with Crippen LogP contribution in [0.1, 0.15) is 58.6 Å². The van der Waals surface area contributed by atoms with E-state index in [1.54, 1.807) is 12.1 Å². The SMILES string of the molecule is Cc1ccc(C(=O)O[C@H]2CC[C@H](c3ccc(O)cc3O)CC2)cc1C. The maximum atomic E-state index is 12.3. The predicted molar refractivity (Wildman–Crippen MR) is 96.1 cm³/mol. The Hall–Kier alpha value is -2.49. The van der Waals surface area contributed by atoms with E-state index in [0.29, 0.717) is 5.56 Å². The van der Waals surface area contributed by atoms with E-state index in [1.165, 1.54) is 6.07 Å². The first-order valence-corrected chi connectivity index (χ1v) is 8.74. The fourth-order valence-electron chi connectivity index (χ4n) is 3.46. The van der Waals surface area contributed by atoms with Gasteiger partial charge >= 0.3 is 5.97 Å². The summed E-state index contributed by atoms with van der Waals surface area (Å²) in [6.45, 7) is 4.01. The Labute approximate surface area is 148 Å². The molecule has 1 fully saturated rings. The lowest BCUT2D eigenvalue weighted by Gasteiger charge is -2.29. The molecule has 2 aromatic carbocycles. The van der Waals surface area contributed by atoms with E-state index in [4.69, 9.17) is 4.74 Å². The molecule has 0 atom stereocenters. The van der Waals surface area contributed by atoms with Gasteiger partial charge in [-0.15, -0.1) is 0 Å². The summed E-state index contributed by atoms with van der Waals surface area (Å²) in [5, 5.41) is 19.4. The minimum absolute atomic E-state index is 0.0669. The second-order valence-electron chi connectivity index (χ2n) is 6.92. The van der Waals surface area contributed by atoms with Crippen molar-refractivity contribution in [2.75, 3.05) is 0 Å². The number of hydrogen-bond acceptors (Lipinski definition) is 4. The summed E-state index contributed by atoms with van der Waals surface area (Å²) >= 11 is 0. The van der Waals surface area contributed by atoms with Crippen LogP contribution in [-0.4, -0.2) is 22.3 Å². The molecule has 0 radical (unpaired) electrons. The van der Waals surface area contributed by atoms with Crippen molar-refractivity contribution >= 4 is 5.97 Å². The average molecular weight is 340 g/mol. The first-order valence-electron chi connectivity index (χ1n) is 8.74. The van der Waals surface area contributed by atoms with Gasteiger partial charge in [-0.2, -0.15) is 0 Å². The van der Waals surface area contributed by atoms with Crippen LogP contribution in [0.3, 0.4) is 0 Å². The number of carbonyl (C=O) groups excluding carboxylic acids is 1. The molecule has 0 aliphatic heterocycles. The van der Waals surface area contributed by atoms with Gasteiger partial charge in [-0.3, -0.25) is 0 Å². The zero-order valence-corrected chi connectivity index (χ0v) is 14.7. The van der Waals surface area contributed by atoms with Gasteiger partial charge in [0, 0.05) is 6.07 Å². The number of carbonyl (C=O) groups is 1. The summed E-state index contributed by atoms with van der Waals surface area (Å²) in [4.78, 5) is 12.3. The highest BCUT2D eigenvalue weighted by Crippen LogP contribution is 2.39. The van der Waals surface area contributed by atoms with E-state index >= 15 is 0 Å². The lowest BCUT2D eigenvalue weighted by molar-refractivity contribution is 0.0194. The van der Waals surface area contributed by atoms with Gasteiger partial charge in [0.15, 0.2) is 0 Å². The Kier molecular flexibility index (Phi) is 4.98. The van der Waals surface area contributed by atoms with Crippen LogP contribution in [0.15, 0.2) is 36.4 Å². The molecule has 0 bridgehead atoms. The molecule has 1 saturated carbocycles. The highest BCUT2D eigenvalue weighted by molar-refractivity contribution is 5.89. The van der Waals surface area contributed by atoms with Crippen LogP contribution >= 0.6 is 0 Å². The number of aryl methyl sites for hydroxylation is 2. The molecule has 0 saturated heterocycles. The molecule has 4 nitrogen and oxygen atoms in total. The summed E-state index contributed by atoms with van der Waals surface area (Å²) in [7, 11) is 0. The standard InChI is InChI=1S/C21H24O4/c1-13-3-4-16(11-14(13)2)21(24)25-18-8-5-15(6-9-18)19-10-7-17(22)12-20(19)23/h3-4,7,10-12,15,18,22-23H,5-6,8-9H2,1-2H3/t15-,18-. The molecule has 3 rings (SSSR count). The molecule has 1 aliphatic carbocycles. The highest BCUT2D eigenvalue weighted by Gasteiger charge is 2.26. The maximum absolute atomic E-state index is 12.3. The molecule has 0 spiro atoms. The largest absolute Gasteiger partial charge is 0.508 e. The third-order valence-electron chi connectivity index (χ3n) is 5.14. The van der Waals surface area contributed by atoms with Crippen LogP contribution in [0.2, 0.25) is 0 Å². The fraction of sp³-hybridized carbons (Fsp3) is 0.381. The molecule has 0 amide bonds. The minimum atomic E-state index is -0.265. The van der Waals surface area contributed by atoms with Crippen LogP contribution < -0.4 is 0 Å². The lowest BCUT2D eigenvalue weighted by atomic mass is 9.82. The van der Waals surface area contributed by atoms with E-state index in [0.717, 1.165) is 42.4 Å². The monoisotopic (exact) mass is 340 g/mol. The smallest absolute Gasteiger partial charge is 0.338 e. The van der Waals surface area contributed by atoms with Gasteiger partial charge in [0.05, 0.1) is 5.56 Å². The summed E-state index contributed by atoms with van der Waals surface area (Å²) in [5.41, 5.74) is 3.70. The summed E-state index contributed by atoms with van der Waals surface area (Å²) in [6.07, 6.45) is 3.18. The second kappa shape index (κ2) is 7.18. The van der Waals surface area contributed by atoms with Gasteiger partial charge in [-0.25, -0.2) is 4.79 Å². The molecule has 0 heterocycles. The first-order chi connectivity index (χ1) is 11.9. The van der Waals surface area contributed by atoms with Crippen LogP contribution in [-0.2, 0) is 4.74 Å². The number of benzene rings is 2. The van der Waals surface area contributed by atoms with Crippen molar-refractivity contribution < 1.29 is 19.7 Å². The van der Waals surface area contributed by atoms with E-state index in [2.05, 4.69) is 0 Å². The van der Waals surface area contributed by atoms with E-state index < -0.39 is 0 Å². The number of esters is 1. The third kappa shape index (κ3) is 3.95. The highest BCUT2D eigenvalue weighted by atomic mass is 16.5. The number of ether oxygens (including phenoxy) is 1. The molecular formula is C21H24O4. The van der Waals surface area contributed by atoms with Crippen molar-refractivity contribution in [3.63, 3.8) is 0 Å². The van der Waals surface area contributed by atoms with Crippen molar-refractivity contribution in [2.24, 2.45) is 0 Å². The van der Waals surface area contributed by atoms with Crippen molar-refractivity contribution in [1.29, 1.82) is 0 Å². The van der Waals surface area contributed by atoms with E-state index in [1.807, 2.05) is 32.0 Å². The van der Waals surface area contributed by atoms with Crippen LogP contribution in [0.4, 0.5) is 0 Å². The summed E-state index contributed by atoms with van der Waals surface area (Å²) in [5.74, 6) is 0.170. The van der Waals surface area contributed by atoms with Gasteiger partial charge < -0.3 is 14.9 Å². The van der Waals surface area contributed by atoms with Crippen LogP contribution in [0.25, 0.3) is 0 Å². The molecule has 0 aromatic heterocycles. The molecule has 2 N–H and O–H groups in total. The first kappa shape index (κ1) is 17.3. The molecule has 4 heteroatoms. The number of phenols is 2. The number of rotatable bonds is 3. The topological polar surface area (TPSA) is 66.8 Å². The Morgan fingerprint density at radius 3 is 2.32 bits per heavy atom. The summed E-state index contributed by atoms with van der Waals surface area (Å²) < 4.78 is 5.66. The second-order valence-corrected chi connectivity index (χ2v) is 6.92. The van der Waals surface area contributed by atoms with Gasteiger partial charge in [0.1, 0.15) is 17.6 Å². The fourth-order valence-corrected chi connectivity index (χ4v) is 3.46. The predicted octanol–water partition coefficient (Wildman–Crippen LogP) is 4.60. The van der Waals surface area contributed by atoms with Crippen molar-refractivity contribution in [1.82, 2.24) is 0 Å². The summed E-state index contributed by atoms with van der Waals surface area (Å²) in [6, 6.07) is 10.4. The van der Waals surface area contributed by atoms with Crippen LogP contribution in [0, 0.1) is 13.8 Å². The van der Waals surface area contributed by atoms with E-state index in [-0.39, 0.29) is 29.5 Å². The van der Waals surface area contributed by atoms with Crippen molar-refractivity contribution in [3.05, 3.63) is 58.7 Å². The third-order valence-corrected chi connectivity index (χ3v) is 5.14. The van der Waals surface area contributed by atoms with Gasteiger partial charge in [-0.05, 0) is 80.3 Å². The van der Waals surface area contributed by atoms with Crippen molar-refractivity contribution in [3.8, 4) is 11.5 Å². The zero-order chi connectivity index (χ0) is 18.0. The van der Waals surface area contributed by atoms with E-state index in [9.17, 15) is 15.0 Å². The number of phenolic OH excluding ortho intramolecular Hbond substituents is 2. The quantitative estimate of drug-likeness (QED) is 0.802. The van der Waals surface area contributed by atoms with Gasteiger partial charge in [0.25, 0.3) is 0 Å². The molecule has 2 aromatic rings.